The van der Waals surface area contributed by atoms with Crippen molar-refractivity contribution in [1.29, 1.82) is 0 Å². The third-order valence-corrected chi connectivity index (χ3v) is 4.24. The van der Waals surface area contributed by atoms with Crippen LogP contribution in [-0.4, -0.2) is 34.0 Å². The highest BCUT2D eigenvalue weighted by atomic mass is 16.1. The van der Waals surface area contributed by atoms with Crippen LogP contribution >= 0.6 is 0 Å². The fourth-order valence-electron chi connectivity index (χ4n) is 2.92. The number of carbonyl (C=O) groups is 1. The van der Waals surface area contributed by atoms with E-state index in [4.69, 9.17) is 0 Å². The highest BCUT2D eigenvalue weighted by Gasteiger charge is 2.16. The third kappa shape index (κ3) is 2.62. The molecule has 0 saturated carbocycles. The van der Waals surface area contributed by atoms with E-state index in [-0.39, 0.29) is 5.91 Å². The minimum atomic E-state index is -0.161. The van der Waals surface area contributed by atoms with Gasteiger partial charge in [0, 0.05) is 43.6 Å². The number of aromatic nitrogens is 3. The first-order valence-electron chi connectivity index (χ1n) is 7.80. The van der Waals surface area contributed by atoms with Crippen molar-refractivity contribution < 1.29 is 4.79 Å². The molecule has 6 nitrogen and oxygen atoms in total. The molecule has 3 aromatic rings. The van der Waals surface area contributed by atoms with Crippen molar-refractivity contribution in [3.8, 4) is 5.82 Å². The number of rotatable bonds is 3. The molecular formula is C18H17N5O. The number of hydrogen-bond acceptors (Lipinski definition) is 4. The Morgan fingerprint density at radius 2 is 2.17 bits per heavy atom. The Hall–Kier alpha value is -3.15. The standard InChI is InChI=1S/C18H17N5O/c1-22-8-6-13-10-15(3-4-16(13)22)21-18(24)14-2-5-17(20-11-14)23-9-7-19-12-23/h2-5,7,9-12H,6,8H2,1H3,(H,21,24). The summed E-state index contributed by atoms with van der Waals surface area (Å²) in [5.74, 6) is 0.565. The number of likely N-dealkylation sites (N-methyl/N-ethyl adjacent to an activating group) is 1. The smallest absolute Gasteiger partial charge is 0.257 e. The monoisotopic (exact) mass is 319 g/mol. The molecule has 4 rings (SSSR count). The molecule has 2 aromatic heterocycles. The second-order valence-corrected chi connectivity index (χ2v) is 5.84. The fourth-order valence-corrected chi connectivity index (χ4v) is 2.92. The van der Waals surface area contributed by atoms with Gasteiger partial charge < -0.3 is 10.2 Å². The van der Waals surface area contributed by atoms with Crippen LogP contribution in [0.4, 0.5) is 11.4 Å². The number of anilines is 2. The quantitative estimate of drug-likeness (QED) is 0.806. The molecule has 0 atom stereocenters. The van der Waals surface area contributed by atoms with Gasteiger partial charge in [0.05, 0.1) is 5.56 Å². The van der Waals surface area contributed by atoms with Crippen LogP contribution in [0.25, 0.3) is 5.82 Å². The van der Waals surface area contributed by atoms with Crippen molar-refractivity contribution in [2.45, 2.75) is 6.42 Å². The summed E-state index contributed by atoms with van der Waals surface area (Å²) >= 11 is 0. The molecule has 0 bridgehead atoms. The Labute approximate surface area is 139 Å². The maximum absolute atomic E-state index is 12.4. The van der Waals surface area contributed by atoms with Gasteiger partial charge in [0.1, 0.15) is 12.1 Å². The second-order valence-electron chi connectivity index (χ2n) is 5.84. The minimum absolute atomic E-state index is 0.161. The molecule has 1 aliphatic rings. The molecule has 0 spiro atoms. The summed E-state index contributed by atoms with van der Waals surface area (Å²) in [6, 6.07) is 9.60. The van der Waals surface area contributed by atoms with Crippen LogP contribution in [0.3, 0.4) is 0 Å². The molecule has 1 N–H and O–H groups in total. The zero-order chi connectivity index (χ0) is 16.5. The van der Waals surface area contributed by atoms with Crippen LogP contribution in [0.2, 0.25) is 0 Å². The van der Waals surface area contributed by atoms with E-state index in [0.717, 1.165) is 24.5 Å². The van der Waals surface area contributed by atoms with E-state index in [2.05, 4.69) is 33.3 Å². The molecule has 0 aliphatic carbocycles. The number of benzene rings is 1. The van der Waals surface area contributed by atoms with Crippen LogP contribution in [0.5, 0.6) is 0 Å². The van der Waals surface area contributed by atoms with E-state index < -0.39 is 0 Å². The van der Waals surface area contributed by atoms with Crippen LogP contribution in [0.1, 0.15) is 15.9 Å². The number of carbonyl (C=O) groups excluding carboxylic acids is 1. The molecule has 6 heteroatoms. The number of pyridine rings is 1. The van der Waals surface area contributed by atoms with E-state index in [1.165, 1.54) is 11.3 Å². The number of hydrogen-bond donors (Lipinski definition) is 1. The van der Waals surface area contributed by atoms with Crippen LogP contribution in [-0.2, 0) is 6.42 Å². The lowest BCUT2D eigenvalue weighted by molar-refractivity contribution is 0.102. The number of imidazole rings is 1. The lowest BCUT2D eigenvalue weighted by atomic mass is 10.1. The lowest BCUT2D eigenvalue weighted by Crippen LogP contribution is -2.13. The predicted molar refractivity (Wildman–Crippen MR) is 92.7 cm³/mol. The van der Waals surface area contributed by atoms with E-state index in [9.17, 15) is 4.79 Å². The zero-order valence-electron chi connectivity index (χ0n) is 13.3. The molecule has 1 aromatic carbocycles. The fraction of sp³-hybridized carbons (Fsp3) is 0.167. The molecule has 3 heterocycles. The molecule has 0 fully saturated rings. The molecule has 0 saturated heterocycles. The van der Waals surface area contributed by atoms with Crippen LogP contribution in [0, 0.1) is 0 Å². The number of nitrogens with one attached hydrogen (secondary N) is 1. The van der Waals surface area contributed by atoms with Gasteiger partial charge >= 0.3 is 0 Å². The van der Waals surface area contributed by atoms with Gasteiger partial charge in [0.15, 0.2) is 0 Å². The van der Waals surface area contributed by atoms with Crippen molar-refractivity contribution in [3.63, 3.8) is 0 Å². The first-order valence-corrected chi connectivity index (χ1v) is 7.80. The van der Waals surface area contributed by atoms with Gasteiger partial charge in [-0.15, -0.1) is 0 Å². The van der Waals surface area contributed by atoms with Gasteiger partial charge in [0.2, 0.25) is 0 Å². The molecule has 120 valence electrons. The normalized spacial score (nSPS) is 13.0. The summed E-state index contributed by atoms with van der Waals surface area (Å²) in [6.45, 7) is 1.02. The number of fused-ring (bicyclic) bond motifs is 1. The molecule has 0 unspecified atom stereocenters. The summed E-state index contributed by atoms with van der Waals surface area (Å²) in [6.07, 6.45) is 7.75. The van der Waals surface area contributed by atoms with E-state index in [1.54, 1.807) is 35.4 Å². The summed E-state index contributed by atoms with van der Waals surface area (Å²) in [5, 5.41) is 2.94. The summed E-state index contributed by atoms with van der Waals surface area (Å²) in [4.78, 5) is 22.9. The largest absolute Gasteiger partial charge is 0.374 e. The van der Waals surface area contributed by atoms with E-state index in [0.29, 0.717) is 5.56 Å². The Morgan fingerprint density at radius 1 is 1.25 bits per heavy atom. The SMILES string of the molecule is CN1CCc2cc(NC(=O)c3ccc(-n4ccnc4)nc3)ccc21. The molecule has 1 aliphatic heterocycles. The Kier molecular flexibility index (Phi) is 3.49. The highest BCUT2D eigenvalue weighted by molar-refractivity contribution is 6.04. The number of nitrogens with zero attached hydrogens (tertiary/aromatic N) is 4. The molecule has 24 heavy (non-hydrogen) atoms. The van der Waals surface area contributed by atoms with Crippen molar-refractivity contribution in [1.82, 2.24) is 14.5 Å². The lowest BCUT2D eigenvalue weighted by Gasteiger charge is -2.12. The summed E-state index contributed by atoms with van der Waals surface area (Å²) < 4.78 is 1.79. The summed E-state index contributed by atoms with van der Waals surface area (Å²) in [7, 11) is 2.08. The highest BCUT2D eigenvalue weighted by Crippen LogP contribution is 2.29. The van der Waals surface area contributed by atoms with Gasteiger partial charge in [-0.2, -0.15) is 0 Å². The van der Waals surface area contributed by atoms with Crippen LogP contribution < -0.4 is 10.2 Å². The third-order valence-electron chi connectivity index (χ3n) is 4.24. The van der Waals surface area contributed by atoms with Crippen molar-refractivity contribution >= 4 is 17.3 Å². The van der Waals surface area contributed by atoms with Gasteiger partial charge in [-0.05, 0) is 42.3 Å². The first kappa shape index (κ1) is 14.4. The van der Waals surface area contributed by atoms with Gasteiger partial charge in [-0.3, -0.25) is 9.36 Å². The Bertz CT molecular complexity index is 871. The number of amides is 1. The van der Waals surface area contributed by atoms with E-state index in [1.807, 2.05) is 18.3 Å². The average molecular weight is 319 g/mol. The molecule has 0 radical (unpaired) electrons. The average Bonchev–Trinajstić information content (AvgIpc) is 3.25. The zero-order valence-corrected chi connectivity index (χ0v) is 13.3. The van der Waals surface area contributed by atoms with Crippen molar-refractivity contribution in [2.75, 3.05) is 23.8 Å². The van der Waals surface area contributed by atoms with E-state index >= 15 is 0 Å². The maximum atomic E-state index is 12.4. The van der Waals surface area contributed by atoms with Crippen LogP contribution in [0.15, 0.2) is 55.2 Å². The predicted octanol–water partition coefficient (Wildman–Crippen LogP) is 2.51. The molecular weight excluding hydrogens is 302 g/mol. The van der Waals surface area contributed by atoms with Crippen molar-refractivity contribution in [2.24, 2.45) is 0 Å². The maximum Gasteiger partial charge on any atom is 0.257 e. The second kappa shape index (κ2) is 5.81. The van der Waals surface area contributed by atoms with Crippen molar-refractivity contribution in [3.05, 3.63) is 66.4 Å². The molecule has 1 amide bonds. The Morgan fingerprint density at radius 3 is 2.92 bits per heavy atom. The Balaban J connectivity index is 1.50. The van der Waals surface area contributed by atoms with Gasteiger partial charge in [-0.25, -0.2) is 9.97 Å². The summed E-state index contributed by atoms with van der Waals surface area (Å²) in [5.41, 5.74) is 3.84. The minimum Gasteiger partial charge on any atom is -0.374 e. The van der Waals surface area contributed by atoms with Gasteiger partial charge in [0.25, 0.3) is 5.91 Å². The first-order chi connectivity index (χ1) is 11.7. The van der Waals surface area contributed by atoms with Gasteiger partial charge in [-0.1, -0.05) is 0 Å². The topological polar surface area (TPSA) is 63.1 Å².